The summed E-state index contributed by atoms with van der Waals surface area (Å²) in [4.78, 5) is 5.43. The number of nitrogens with zero attached hydrogens (tertiary/aromatic N) is 2. The summed E-state index contributed by atoms with van der Waals surface area (Å²) in [5.41, 5.74) is 32.6. The second-order valence-electron chi connectivity index (χ2n) is 31.6. The molecule has 0 unspecified atom stereocenters. The first kappa shape index (κ1) is 63.4. The Hall–Kier alpha value is -11.8. The molecule has 0 atom stereocenters. The van der Waals surface area contributed by atoms with Crippen molar-refractivity contribution < 1.29 is 0 Å². The van der Waals surface area contributed by atoms with Gasteiger partial charge in [0.2, 0.25) is 0 Å². The molecule has 0 aromatic heterocycles. The van der Waals surface area contributed by atoms with Gasteiger partial charge in [0.1, 0.15) is 0 Å². The second-order valence-corrected chi connectivity index (χ2v) is 31.6. The van der Waals surface area contributed by atoms with Crippen molar-refractivity contribution in [3.63, 3.8) is 0 Å². The van der Waals surface area contributed by atoms with Crippen LogP contribution in [0.3, 0.4) is 0 Å². The summed E-state index contributed by atoms with van der Waals surface area (Å²) in [5, 5.41) is 7.77. The van der Waals surface area contributed by atoms with Crippen LogP contribution in [-0.4, -0.2) is 6.71 Å². The van der Waals surface area contributed by atoms with Crippen LogP contribution in [0.1, 0.15) is 79.0 Å². The van der Waals surface area contributed by atoms with Crippen molar-refractivity contribution in [3.8, 4) is 89.0 Å². The van der Waals surface area contributed by atoms with Gasteiger partial charge >= 0.3 is 0 Å². The molecule has 0 spiro atoms. The van der Waals surface area contributed by atoms with Crippen LogP contribution >= 0.6 is 0 Å². The van der Waals surface area contributed by atoms with E-state index in [0.29, 0.717) is 0 Å². The fourth-order valence-electron chi connectivity index (χ4n) is 16.6. The van der Waals surface area contributed by atoms with E-state index in [1.807, 2.05) is 0 Å². The molecule has 16 aromatic carbocycles. The molecular formula is C100H81BN2. The first-order chi connectivity index (χ1) is 50.0. The zero-order valence-electron chi connectivity index (χ0n) is 60.1. The van der Waals surface area contributed by atoms with E-state index in [9.17, 15) is 0 Å². The van der Waals surface area contributed by atoms with Gasteiger partial charge in [-0.05, 0) is 209 Å². The average Bonchev–Trinajstić information content (AvgIpc) is 0.688. The van der Waals surface area contributed by atoms with Crippen LogP contribution in [0.15, 0.2) is 328 Å². The molecule has 0 radical (unpaired) electrons. The molecule has 0 aliphatic carbocycles. The number of rotatable bonds is 10. The van der Waals surface area contributed by atoms with E-state index in [2.05, 4.69) is 400 Å². The first-order valence-corrected chi connectivity index (χ1v) is 36.6. The smallest absolute Gasteiger partial charge is 0.252 e. The van der Waals surface area contributed by atoms with Gasteiger partial charge in [-0.15, -0.1) is 0 Å². The van der Waals surface area contributed by atoms with Gasteiger partial charge in [-0.1, -0.05) is 329 Å². The number of hydrogen-bond donors (Lipinski definition) is 0. The molecule has 103 heavy (non-hydrogen) atoms. The van der Waals surface area contributed by atoms with Crippen molar-refractivity contribution in [3.05, 3.63) is 344 Å². The zero-order chi connectivity index (χ0) is 70.0. The van der Waals surface area contributed by atoms with Crippen LogP contribution in [0.5, 0.6) is 0 Å². The first-order valence-electron chi connectivity index (χ1n) is 36.6. The normalized spacial score (nSPS) is 12.8. The summed E-state index contributed by atoms with van der Waals surface area (Å²) in [7, 11) is 0. The van der Waals surface area contributed by atoms with Crippen molar-refractivity contribution in [1.29, 1.82) is 0 Å². The van der Waals surface area contributed by atoms with Crippen molar-refractivity contribution in [2.45, 2.75) is 78.6 Å². The largest absolute Gasteiger partial charge is 0.310 e. The molecular weight excluding hydrogens is 1240 g/mol. The minimum Gasteiger partial charge on any atom is -0.310 e. The summed E-state index contributed by atoms with van der Waals surface area (Å²) in [6.45, 7) is 21.0. The third kappa shape index (κ3) is 11.0. The lowest BCUT2D eigenvalue weighted by atomic mass is 9.33. The molecule has 0 saturated carbocycles. The Bertz CT molecular complexity index is 5810. The highest BCUT2D eigenvalue weighted by molar-refractivity contribution is 7.00. The standard InChI is InChI=1S/C100H81BN2/c1-98(2,3)78-51-73-45-46-74-52-79(99(4,5)6)61-86-81(58-77(53-78)93(73)94(74)86)72-48-50-90-88(60-72)101-87-59-71(64-31-17-10-18-32-64)47-49-89(87)102(96-82(67-37-23-13-24-38-67)54-75(65-33-19-11-20-34-65)55-83(96)68-39-25-14-26-40-68)91-62-80(100(7,8)9)63-92(95(91)101)103(90)97-84(69-41-27-15-28-42-69)56-76(66-35-21-12-22-36-66)57-85(97)70-43-29-16-30-44-70/h10-63H,1-9H3. The molecule has 0 saturated heterocycles. The topological polar surface area (TPSA) is 6.48 Å². The van der Waals surface area contributed by atoms with E-state index >= 15 is 0 Å². The maximum Gasteiger partial charge on any atom is 0.252 e. The van der Waals surface area contributed by atoms with Crippen molar-refractivity contribution in [2.24, 2.45) is 0 Å². The Balaban J connectivity index is 1.03. The lowest BCUT2D eigenvalue weighted by Gasteiger charge is -2.46. The Morgan fingerprint density at radius 2 is 0.544 bits per heavy atom. The molecule has 2 aliphatic heterocycles. The summed E-state index contributed by atoms with van der Waals surface area (Å²) >= 11 is 0. The second kappa shape index (κ2) is 24.5. The molecule has 0 bridgehead atoms. The predicted octanol–water partition coefficient (Wildman–Crippen LogP) is 25.9. The summed E-state index contributed by atoms with van der Waals surface area (Å²) < 4.78 is 0. The number of hydrogen-bond acceptors (Lipinski definition) is 2. The van der Waals surface area contributed by atoms with E-state index in [1.165, 1.54) is 98.8 Å². The van der Waals surface area contributed by atoms with Gasteiger partial charge < -0.3 is 9.80 Å². The third-order valence-corrected chi connectivity index (χ3v) is 22.0. The maximum absolute atomic E-state index is 2.72. The highest BCUT2D eigenvalue weighted by atomic mass is 15.2. The molecule has 3 heteroatoms. The summed E-state index contributed by atoms with van der Waals surface area (Å²) in [5.74, 6) is 0. The van der Waals surface area contributed by atoms with Gasteiger partial charge in [-0.2, -0.15) is 0 Å². The van der Waals surface area contributed by atoms with Crippen molar-refractivity contribution in [2.75, 3.05) is 9.80 Å². The summed E-state index contributed by atoms with van der Waals surface area (Å²) in [6.07, 6.45) is 0. The maximum atomic E-state index is 2.72. The van der Waals surface area contributed by atoms with Crippen LogP contribution in [0.2, 0.25) is 0 Å². The van der Waals surface area contributed by atoms with Crippen LogP contribution in [0, 0.1) is 0 Å². The number of anilines is 6. The van der Waals surface area contributed by atoms with Crippen molar-refractivity contribution >= 4 is 89.5 Å². The van der Waals surface area contributed by atoms with Gasteiger partial charge in [0.25, 0.3) is 6.71 Å². The molecule has 18 rings (SSSR count). The van der Waals surface area contributed by atoms with E-state index in [0.717, 1.165) is 89.8 Å². The van der Waals surface area contributed by atoms with Crippen LogP contribution < -0.4 is 26.2 Å². The van der Waals surface area contributed by atoms with Gasteiger partial charge in [0.05, 0.1) is 11.4 Å². The molecule has 2 nitrogen and oxygen atoms in total. The molecule has 2 heterocycles. The fourth-order valence-corrected chi connectivity index (χ4v) is 16.6. The van der Waals surface area contributed by atoms with Crippen LogP contribution in [0.4, 0.5) is 34.1 Å². The summed E-state index contributed by atoms with van der Waals surface area (Å²) in [6, 6.07) is 125. The van der Waals surface area contributed by atoms with Crippen molar-refractivity contribution in [1.82, 2.24) is 0 Å². The monoisotopic (exact) mass is 1320 g/mol. The van der Waals surface area contributed by atoms with Crippen LogP contribution in [-0.2, 0) is 16.2 Å². The lowest BCUT2D eigenvalue weighted by Crippen LogP contribution is -2.61. The average molecular weight is 1320 g/mol. The minimum absolute atomic E-state index is 0.0672. The van der Waals surface area contributed by atoms with E-state index in [1.54, 1.807) is 0 Å². The molecule has 16 aromatic rings. The predicted molar refractivity (Wildman–Crippen MR) is 444 cm³/mol. The Morgan fingerprint density at radius 3 is 0.932 bits per heavy atom. The molecule has 0 fully saturated rings. The van der Waals surface area contributed by atoms with Gasteiger partial charge in [-0.3, -0.25) is 0 Å². The number of benzene rings is 16. The van der Waals surface area contributed by atoms with E-state index in [4.69, 9.17) is 0 Å². The van der Waals surface area contributed by atoms with E-state index < -0.39 is 0 Å². The highest BCUT2D eigenvalue weighted by Crippen LogP contribution is 2.56. The van der Waals surface area contributed by atoms with Gasteiger partial charge in [-0.25, -0.2) is 0 Å². The Morgan fingerprint density at radius 1 is 0.223 bits per heavy atom. The Kier molecular flexibility index (Phi) is 15.1. The highest BCUT2D eigenvalue weighted by Gasteiger charge is 2.46. The molecule has 0 N–H and O–H groups in total. The third-order valence-electron chi connectivity index (χ3n) is 22.0. The Labute approximate surface area is 607 Å². The number of fused-ring (bicyclic) bond motifs is 4. The van der Waals surface area contributed by atoms with Gasteiger partial charge in [0.15, 0.2) is 0 Å². The van der Waals surface area contributed by atoms with Crippen LogP contribution in [0.25, 0.3) is 121 Å². The quantitative estimate of drug-likeness (QED) is 0.0995. The minimum atomic E-state index is -0.310. The van der Waals surface area contributed by atoms with Gasteiger partial charge in [0, 0.05) is 45.0 Å². The van der Waals surface area contributed by atoms with E-state index in [-0.39, 0.29) is 23.0 Å². The molecule has 2 aliphatic rings. The zero-order valence-corrected chi connectivity index (χ0v) is 60.1. The molecule has 494 valence electrons. The lowest BCUT2D eigenvalue weighted by molar-refractivity contribution is 0.590. The molecule has 0 amide bonds. The fraction of sp³-hybridized carbons (Fsp3) is 0.120. The SMILES string of the molecule is CC(C)(C)c1cc2c3c(c1)N(c1c(-c4ccccc4)cc(-c4ccccc4)cc1-c1ccccc1)c1ccc(-c4cc5cc(C(C)(C)C)cc6ccc7cc(C(C)(C)C)cc4c7c65)cc1B3c1cc(-c3ccccc3)ccc1N2c1c(-c2ccccc2)cc(-c2ccccc2)cc1-c1ccccc1.